The molecule has 0 unspecified atom stereocenters. The van der Waals surface area contributed by atoms with E-state index < -0.39 is 0 Å². The number of rotatable bonds is 2. The van der Waals surface area contributed by atoms with Gasteiger partial charge in [0, 0.05) is 22.9 Å². The van der Waals surface area contributed by atoms with Crippen LogP contribution in [0, 0.1) is 0 Å². The predicted octanol–water partition coefficient (Wildman–Crippen LogP) is 3.03. The molecule has 2 heteroatoms. The number of aromatic nitrogens is 1. The second-order valence-electron chi connectivity index (χ2n) is 5.67. The molecule has 1 N–H and O–H groups in total. The summed E-state index contributed by atoms with van der Waals surface area (Å²) in [7, 11) is 0. The van der Waals surface area contributed by atoms with Crippen LogP contribution in [0.1, 0.15) is 12.8 Å². The Morgan fingerprint density at radius 2 is 1.60 bits per heavy atom. The van der Waals surface area contributed by atoms with Crippen LogP contribution in [0.5, 0.6) is 0 Å². The lowest BCUT2D eigenvalue weighted by Crippen LogP contribution is -2.44. The van der Waals surface area contributed by atoms with Gasteiger partial charge in [-0.15, -0.1) is 0 Å². The van der Waals surface area contributed by atoms with Crippen LogP contribution in [0.4, 0.5) is 0 Å². The number of nitrogens with one attached hydrogen (secondary N) is 1. The summed E-state index contributed by atoms with van der Waals surface area (Å²) in [4.78, 5) is 0. The van der Waals surface area contributed by atoms with E-state index in [9.17, 15) is 0 Å². The quantitative estimate of drug-likeness (QED) is 0.555. The highest BCUT2D eigenvalue weighted by Crippen LogP contribution is 2.18. The fraction of sp³-hybridized carbons (Fsp3) is 0.278. The van der Waals surface area contributed by atoms with Gasteiger partial charge >= 0.3 is 0 Å². The van der Waals surface area contributed by atoms with Crippen LogP contribution < -0.4 is 9.88 Å². The molecule has 1 saturated heterocycles. The Morgan fingerprint density at radius 1 is 0.950 bits per heavy atom. The summed E-state index contributed by atoms with van der Waals surface area (Å²) in [5.74, 6) is 0. The Balaban J connectivity index is 1.96. The summed E-state index contributed by atoms with van der Waals surface area (Å²) in [6, 6.07) is 20.3. The lowest BCUT2D eigenvalue weighted by atomic mass is 10.1. The standard InChI is InChI=1S/C18H19N2/c1-3-9-17-14(6-1)12-15-7-2-4-10-18(15)20(17)13-16-8-5-11-19-16/h1-4,6-7,9-10,12,16,19H,5,8,11,13H2/q+1/t16-/m0/s1. The number of hydrogen-bond acceptors (Lipinski definition) is 1. The van der Waals surface area contributed by atoms with Crippen molar-refractivity contribution in [1.29, 1.82) is 0 Å². The molecule has 100 valence electrons. The maximum atomic E-state index is 3.61. The minimum absolute atomic E-state index is 0.606. The van der Waals surface area contributed by atoms with E-state index in [0.717, 1.165) is 13.1 Å². The zero-order chi connectivity index (χ0) is 13.4. The van der Waals surface area contributed by atoms with E-state index >= 15 is 0 Å². The first-order chi connectivity index (χ1) is 9.92. The maximum absolute atomic E-state index is 3.61. The Kier molecular flexibility index (Phi) is 2.89. The number of nitrogens with zero attached hydrogens (tertiary/aromatic N) is 1. The van der Waals surface area contributed by atoms with Gasteiger partial charge in [0.15, 0.2) is 6.54 Å². The molecule has 1 aliphatic rings. The Labute approximate surface area is 119 Å². The van der Waals surface area contributed by atoms with Crippen molar-refractivity contribution in [3.63, 3.8) is 0 Å². The van der Waals surface area contributed by atoms with Crippen molar-refractivity contribution in [3.8, 4) is 0 Å². The molecule has 1 atom stereocenters. The molecule has 2 nitrogen and oxygen atoms in total. The van der Waals surface area contributed by atoms with E-state index in [1.165, 1.54) is 34.6 Å². The molecule has 4 rings (SSSR count). The summed E-state index contributed by atoms with van der Waals surface area (Å²) in [5, 5.41) is 6.26. The molecule has 1 fully saturated rings. The number of para-hydroxylation sites is 2. The van der Waals surface area contributed by atoms with Gasteiger partial charge in [0.1, 0.15) is 0 Å². The summed E-state index contributed by atoms with van der Waals surface area (Å²) in [5.41, 5.74) is 2.67. The van der Waals surface area contributed by atoms with Crippen molar-refractivity contribution >= 4 is 21.8 Å². The molecule has 0 aliphatic carbocycles. The summed E-state index contributed by atoms with van der Waals surface area (Å²) >= 11 is 0. The van der Waals surface area contributed by atoms with E-state index in [0.29, 0.717) is 6.04 Å². The minimum Gasteiger partial charge on any atom is -0.308 e. The molecule has 2 aromatic carbocycles. The second-order valence-corrected chi connectivity index (χ2v) is 5.67. The Bertz CT molecular complexity index is 704. The van der Waals surface area contributed by atoms with Gasteiger partial charge in [-0.25, -0.2) is 0 Å². The molecule has 1 aliphatic heterocycles. The van der Waals surface area contributed by atoms with Crippen LogP contribution in [0.3, 0.4) is 0 Å². The van der Waals surface area contributed by atoms with Crippen LogP contribution in [0.15, 0.2) is 54.6 Å². The van der Waals surface area contributed by atoms with Crippen LogP contribution >= 0.6 is 0 Å². The van der Waals surface area contributed by atoms with E-state index in [1.807, 2.05) is 0 Å². The Hall–Kier alpha value is -1.93. The third kappa shape index (κ3) is 1.97. The van der Waals surface area contributed by atoms with Crippen LogP contribution in [-0.2, 0) is 6.54 Å². The van der Waals surface area contributed by atoms with Crippen molar-refractivity contribution < 1.29 is 4.57 Å². The maximum Gasteiger partial charge on any atom is 0.213 e. The van der Waals surface area contributed by atoms with Crippen molar-refractivity contribution in [2.75, 3.05) is 6.54 Å². The first kappa shape index (κ1) is 11.9. The monoisotopic (exact) mass is 263 g/mol. The highest BCUT2D eigenvalue weighted by Gasteiger charge is 2.22. The number of benzene rings is 2. The zero-order valence-electron chi connectivity index (χ0n) is 11.5. The number of fused-ring (bicyclic) bond motifs is 2. The molecular weight excluding hydrogens is 244 g/mol. The normalized spacial score (nSPS) is 18.9. The lowest BCUT2D eigenvalue weighted by molar-refractivity contribution is -0.648. The molecule has 20 heavy (non-hydrogen) atoms. The van der Waals surface area contributed by atoms with Gasteiger partial charge in [0.25, 0.3) is 0 Å². The van der Waals surface area contributed by atoms with Crippen LogP contribution in [0.25, 0.3) is 21.8 Å². The van der Waals surface area contributed by atoms with Crippen molar-refractivity contribution in [2.24, 2.45) is 0 Å². The first-order valence-corrected chi connectivity index (χ1v) is 7.45. The zero-order valence-corrected chi connectivity index (χ0v) is 11.5. The van der Waals surface area contributed by atoms with E-state index in [2.05, 4.69) is 64.5 Å². The highest BCUT2D eigenvalue weighted by molar-refractivity contribution is 5.88. The highest BCUT2D eigenvalue weighted by atomic mass is 15.0. The third-order valence-corrected chi connectivity index (χ3v) is 4.33. The number of pyridine rings is 1. The van der Waals surface area contributed by atoms with Crippen molar-refractivity contribution in [2.45, 2.75) is 25.4 Å². The summed E-state index contributed by atoms with van der Waals surface area (Å²) in [6.45, 7) is 2.22. The molecule has 3 aromatic rings. The topological polar surface area (TPSA) is 15.9 Å². The fourth-order valence-corrected chi connectivity index (χ4v) is 3.34. The molecule has 0 radical (unpaired) electrons. The first-order valence-electron chi connectivity index (χ1n) is 7.45. The van der Waals surface area contributed by atoms with Gasteiger partial charge in [0.2, 0.25) is 11.0 Å². The van der Waals surface area contributed by atoms with E-state index in [4.69, 9.17) is 0 Å². The van der Waals surface area contributed by atoms with Crippen molar-refractivity contribution in [1.82, 2.24) is 5.32 Å². The molecule has 0 bridgehead atoms. The molecule has 0 amide bonds. The van der Waals surface area contributed by atoms with E-state index in [1.54, 1.807) is 0 Å². The average Bonchev–Trinajstić information content (AvgIpc) is 3.00. The Morgan fingerprint density at radius 3 is 2.20 bits per heavy atom. The van der Waals surface area contributed by atoms with E-state index in [-0.39, 0.29) is 0 Å². The fourth-order valence-electron chi connectivity index (χ4n) is 3.34. The molecule has 2 heterocycles. The smallest absolute Gasteiger partial charge is 0.213 e. The summed E-state index contributed by atoms with van der Waals surface area (Å²) in [6.07, 6.45) is 2.58. The lowest BCUT2D eigenvalue weighted by Gasteiger charge is -2.10. The van der Waals surface area contributed by atoms with Gasteiger partial charge in [-0.1, -0.05) is 24.3 Å². The van der Waals surface area contributed by atoms with Crippen LogP contribution in [0.2, 0.25) is 0 Å². The molecular formula is C18H19N2+. The molecule has 0 spiro atoms. The summed E-state index contributed by atoms with van der Waals surface area (Å²) < 4.78 is 2.48. The van der Waals surface area contributed by atoms with Crippen molar-refractivity contribution in [3.05, 3.63) is 54.6 Å². The molecule has 0 saturated carbocycles. The third-order valence-electron chi connectivity index (χ3n) is 4.33. The van der Waals surface area contributed by atoms with Gasteiger partial charge in [0.05, 0.1) is 6.04 Å². The van der Waals surface area contributed by atoms with Crippen LogP contribution in [-0.4, -0.2) is 12.6 Å². The van der Waals surface area contributed by atoms with Gasteiger partial charge < -0.3 is 5.32 Å². The molecule has 1 aromatic heterocycles. The minimum atomic E-state index is 0.606. The van der Waals surface area contributed by atoms with Gasteiger partial charge in [-0.05, 0) is 37.6 Å². The SMILES string of the molecule is c1ccc2c(c1)cc1ccccc1[n+]2C[C@@H]1CCCN1. The number of hydrogen-bond donors (Lipinski definition) is 1. The second kappa shape index (κ2) is 4.88. The van der Waals surface area contributed by atoms with Gasteiger partial charge in [-0.2, -0.15) is 4.57 Å². The average molecular weight is 263 g/mol. The predicted molar refractivity (Wildman–Crippen MR) is 82.7 cm³/mol. The van der Waals surface area contributed by atoms with Gasteiger partial charge in [-0.3, -0.25) is 0 Å². The largest absolute Gasteiger partial charge is 0.308 e.